The third-order valence-corrected chi connectivity index (χ3v) is 3.80. The van der Waals surface area contributed by atoms with Crippen LogP contribution in [0.4, 0.5) is 14.6 Å². The van der Waals surface area contributed by atoms with Crippen LogP contribution in [0.3, 0.4) is 0 Å². The van der Waals surface area contributed by atoms with E-state index in [2.05, 4.69) is 4.98 Å². The van der Waals surface area contributed by atoms with Gasteiger partial charge >= 0.3 is 0 Å². The van der Waals surface area contributed by atoms with Gasteiger partial charge in [-0.2, -0.15) is 0 Å². The molecule has 0 saturated carbocycles. The number of ether oxygens (including phenoxy) is 1. The van der Waals surface area contributed by atoms with Crippen LogP contribution >= 0.6 is 0 Å². The molecule has 1 heterocycles. The first-order valence-electron chi connectivity index (χ1n) is 7.82. The summed E-state index contributed by atoms with van der Waals surface area (Å²) < 4.78 is 32.5. The summed E-state index contributed by atoms with van der Waals surface area (Å²) in [5.74, 6) is -1.53. The molecular formula is C20H18F2N2O. The first-order chi connectivity index (χ1) is 11.8. The fraction of sp³-hybridized carbons (Fsp3) is 0.150. The molecule has 5 heteroatoms. The van der Waals surface area contributed by atoms with Gasteiger partial charge in [0.1, 0.15) is 17.3 Å². The molecule has 3 nitrogen and oxygen atoms in total. The minimum Gasteiger partial charge on any atom is -0.457 e. The lowest BCUT2D eigenvalue weighted by Gasteiger charge is -2.13. The maximum Gasteiger partial charge on any atom is 0.270 e. The molecule has 0 unspecified atom stereocenters. The molecule has 0 atom stereocenters. The van der Waals surface area contributed by atoms with Crippen molar-refractivity contribution in [3.8, 4) is 22.6 Å². The maximum atomic E-state index is 13.4. The fourth-order valence-corrected chi connectivity index (χ4v) is 2.48. The molecule has 2 N–H and O–H groups in total. The van der Waals surface area contributed by atoms with Gasteiger partial charge in [0.25, 0.3) is 5.92 Å². The number of anilines is 1. The second-order valence-electron chi connectivity index (χ2n) is 5.99. The molecule has 0 bridgehead atoms. The van der Waals surface area contributed by atoms with Crippen LogP contribution in [-0.2, 0) is 5.92 Å². The lowest BCUT2D eigenvalue weighted by atomic mass is 10.1. The van der Waals surface area contributed by atoms with Crippen molar-refractivity contribution in [1.82, 2.24) is 4.98 Å². The Morgan fingerprint density at radius 2 is 1.72 bits per heavy atom. The molecule has 0 aliphatic carbocycles. The number of benzene rings is 2. The van der Waals surface area contributed by atoms with Crippen molar-refractivity contribution in [3.63, 3.8) is 0 Å². The largest absolute Gasteiger partial charge is 0.457 e. The first-order valence-corrected chi connectivity index (χ1v) is 7.82. The van der Waals surface area contributed by atoms with E-state index in [-0.39, 0.29) is 5.56 Å². The SMILES string of the molecule is Cc1cnc(N)c(-c2ccc(Oc3cccc(C(C)(F)F)c3)cc2)c1. The minimum atomic E-state index is -2.90. The number of hydrogen-bond acceptors (Lipinski definition) is 3. The van der Waals surface area contributed by atoms with E-state index < -0.39 is 5.92 Å². The lowest BCUT2D eigenvalue weighted by molar-refractivity contribution is 0.0173. The monoisotopic (exact) mass is 340 g/mol. The third-order valence-electron chi connectivity index (χ3n) is 3.80. The van der Waals surface area contributed by atoms with Crippen molar-refractivity contribution < 1.29 is 13.5 Å². The van der Waals surface area contributed by atoms with E-state index in [9.17, 15) is 8.78 Å². The molecule has 1 aromatic heterocycles. The predicted octanol–water partition coefficient (Wildman–Crippen LogP) is 5.54. The Balaban J connectivity index is 1.83. The maximum absolute atomic E-state index is 13.4. The first kappa shape index (κ1) is 16.9. The third kappa shape index (κ3) is 3.94. The highest BCUT2D eigenvalue weighted by atomic mass is 19.3. The van der Waals surface area contributed by atoms with Crippen LogP contribution in [0, 0.1) is 6.92 Å². The molecule has 25 heavy (non-hydrogen) atoms. The van der Waals surface area contributed by atoms with Gasteiger partial charge in [-0.05, 0) is 48.4 Å². The Morgan fingerprint density at radius 1 is 1.00 bits per heavy atom. The van der Waals surface area contributed by atoms with Gasteiger partial charge in [-0.15, -0.1) is 0 Å². The Hall–Kier alpha value is -2.95. The Labute approximate surface area is 145 Å². The summed E-state index contributed by atoms with van der Waals surface area (Å²) in [4.78, 5) is 4.15. The Kier molecular flexibility index (Phi) is 4.40. The second-order valence-corrected chi connectivity index (χ2v) is 5.99. The molecule has 0 aliphatic heterocycles. The van der Waals surface area contributed by atoms with E-state index in [1.165, 1.54) is 12.1 Å². The summed E-state index contributed by atoms with van der Waals surface area (Å²) in [5.41, 5.74) is 8.62. The van der Waals surface area contributed by atoms with Gasteiger partial charge in [0.05, 0.1) is 0 Å². The van der Waals surface area contributed by atoms with Crippen LogP contribution in [0.1, 0.15) is 18.1 Å². The zero-order valence-corrected chi connectivity index (χ0v) is 14.0. The minimum absolute atomic E-state index is 0.0831. The Morgan fingerprint density at radius 3 is 2.40 bits per heavy atom. The number of nitrogens with zero attached hydrogens (tertiary/aromatic N) is 1. The molecular weight excluding hydrogens is 322 g/mol. The van der Waals surface area contributed by atoms with Crippen molar-refractivity contribution in [2.45, 2.75) is 19.8 Å². The summed E-state index contributed by atoms with van der Waals surface area (Å²) in [6, 6.07) is 15.1. The van der Waals surface area contributed by atoms with Gasteiger partial charge in [0.2, 0.25) is 0 Å². The number of nitrogens with two attached hydrogens (primary N) is 1. The topological polar surface area (TPSA) is 48.1 Å². The molecule has 0 amide bonds. The quantitative estimate of drug-likeness (QED) is 0.678. The molecule has 3 aromatic rings. The van der Waals surface area contributed by atoms with Gasteiger partial charge in [0, 0.05) is 24.2 Å². The van der Waals surface area contributed by atoms with Gasteiger partial charge in [0.15, 0.2) is 0 Å². The smallest absolute Gasteiger partial charge is 0.270 e. The Bertz CT molecular complexity index is 887. The summed E-state index contributed by atoms with van der Waals surface area (Å²) >= 11 is 0. The summed E-state index contributed by atoms with van der Waals surface area (Å²) in [6.07, 6.45) is 1.72. The molecule has 0 aliphatic rings. The molecule has 2 aromatic carbocycles. The van der Waals surface area contributed by atoms with E-state index in [1.807, 2.05) is 25.1 Å². The van der Waals surface area contributed by atoms with Crippen LogP contribution in [-0.4, -0.2) is 4.98 Å². The van der Waals surface area contributed by atoms with Gasteiger partial charge in [-0.3, -0.25) is 0 Å². The number of halogens is 2. The van der Waals surface area contributed by atoms with Crippen LogP contribution in [0.25, 0.3) is 11.1 Å². The molecule has 0 saturated heterocycles. The van der Waals surface area contributed by atoms with E-state index in [4.69, 9.17) is 10.5 Å². The number of pyridine rings is 1. The molecule has 3 rings (SSSR count). The van der Waals surface area contributed by atoms with Crippen LogP contribution in [0.15, 0.2) is 60.8 Å². The predicted molar refractivity (Wildman–Crippen MR) is 94.9 cm³/mol. The van der Waals surface area contributed by atoms with Crippen molar-refractivity contribution in [3.05, 3.63) is 71.9 Å². The second kappa shape index (κ2) is 6.51. The molecule has 0 fully saturated rings. The molecule has 0 radical (unpaired) electrons. The normalized spacial score (nSPS) is 11.4. The van der Waals surface area contributed by atoms with Crippen LogP contribution < -0.4 is 10.5 Å². The average molecular weight is 340 g/mol. The van der Waals surface area contributed by atoms with Gasteiger partial charge in [-0.25, -0.2) is 13.8 Å². The number of aryl methyl sites for hydroxylation is 1. The van der Waals surface area contributed by atoms with Crippen LogP contribution in [0.5, 0.6) is 11.5 Å². The fourth-order valence-electron chi connectivity index (χ4n) is 2.48. The summed E-state index contributed by atoms with van der Waals surface area (Å²) in [5, 5.41) is 0. The number of aromatic nitrogens is 1. The zero-order valence-electron chi connectivity index (χ0n) is 14.0. The van der Waals surface area contributed by atoms with E-state index in [1.54, 1.807) is 30.5 Å². The van der Waals surface area contributed by atoms with Crippen molar-refractivity contribution in [2.24, 2.45) is 0 Å². The zero-order chi connectivity index (χ0) is 18.0. The standard InChI is InChI=1S/C20H18F2N2O/c1-13-10-18(19(23)24-12-13)14-6-8-16(9-7-14)25-17-5-3-4-15(11-17)20(2,21)22/h3-12H,1-2H3,(H2,23,24). The highest BCUT2D eigenvalue weighted by Crippen LogP contribution is 2.32. The summed E-state index contributed by atoms with van der Waals surface area (Å²) in [6.45, 7) is 2.81. The number of nitrogen functional groups attached to an aromatic ring is 1. The number of alkyl halides is 2. The number of hydrogen-bond donors (Lipinski definition) is 1. The van der Waals surface area contributed by atoms with Crippen molar-refractivity contribution in [2.75, 3.05) is 5.73 Å². The molecule has 0 spiro atoms. The van der Waals surface area contributed by atoms with Crippen molar-refractivity contribution >= 4 is 5.82 Å². The van der Waals surface area contributed by atoms with E-state index in [0.29, 0.717) is 17.3 Å². The van der Waals surface area contributed by atoms with E-state index >= 15 is 0 Å². The average Bonchev–Trinajstić information content (AvgIpc) is 2.57. The van der Waals surface area contributed by atoms with Gasteiger partial charge in [-0.1, -0.05) is 24.3 Å². The highest BCUT2D eigenvalue weighted by Gasteiger charge is 2.24. The van der Waals surface area contributed by atoms with Crippen molar-refractivity contribution in [1.29, 1.82) is 0 Å². The highest BCUT2D eigenvalue weighted by molar-refractivity contribution is 5.74. The lowest BCUT2D eigenvalue weighted by Crippen LogP contribution is -2.06. The number of rotatable bonds is 4. The summed E-state index contributed by atoms with van der Waals surface area (Å²) in [7, 11) is 0. The van der Waals surface area contributed by atoms with Crippen LogP contribution in [0.2, 0.25) is 0 Å². The van der Waals surface area contributed by atoms with E-state index in [0.717, 1.165) is 23.6 Å². The van der Waals surface area contributed by atoms with Gasteiger partial charge < -0.3 is 10.5 Å². The molecule has 128 valence electrons.